The molecule has 7 nitrogen and oxygen atoms in total. The summed E-state index contributed by atoms with van der Waals surface area (Å²) in [6, 6.07) is 7.22. The fourth-order valence-electron chi connectivity index (χ4n) is 3.30. The number of amides is 3. The highest BCUT2D eigenvalue weighted by molar-refractivity contribution is 7.17. The summed E-state index contributed by atoms with van der Waals surface area (Å²) in [5.74, 6) is -0.833. The molecule has 0 atom stereocenters. The zero-order chi connectivity index (χ0) is 21.0. The summed E-state index contributed by atoms with van der Waals surface area (Å²) in [5.41, 5.74) is 2.78. The second-order valence-corrected chi connectivity index (χ2v) is 8.09. The third kappa shape index (κ3) is 4.76. The van der Waals surface area contributed by atoms with Gasteiger partial charge in [0.1, 0.15) is 5.00 Å². The number of hydrogen-bond donors (Lipinski definition) is 2. The molecule has 1 aromatic carbocycles. The van der Waals surface area contributed by atoms with Crippen molar-refractivity contribution >= 4 is 39.9 Å². The third-order valence-corrected chi connectivity index (χ3v) is 5.97. The van der Waals surface area contributed by atoms with Gasteiger partial charge in [0.25, 0.3) is 11.8 Å². The molecule has 0 saturated carbocycles. The standard InChI is InChI=1S/C21H25N3O4S/c1-4-28-21(27)23-19(26)17-15-7-5-6-8-16(15)29-20(17)22-18(25)13-9-11-14(12-10-13)24(2)3/h9-12H,4-8H2,1-3H3,(H,22,25)(H,23,26,27). The van der Waals surface area contributed by atoms with Crippen molar-refractivity contribution in [1.29, 1.82) is 0 Å². The molecule has 29 heavy (non-hydrogen) atoms. The lowest BCUT2D eigenvalue weighted by Gasteiger charge is -2.13. The average molecular weight is 416 g/mol. The summed E-state index contributed by atoms with van der Waals surface area (Å²) in [4.78, 5) is 40.3. The van der Waals surface area contributed by atoms with Crippen LogP contribution in [0.15, 0.2) is 24.3 Å². The van der Waals surface area contributed by atoms with E-state index in [1.807, 2.05) is 31.1 Å². The Morgan fingerprint density at radius 1 is 1.07 bits per heavy atom. The van der Waals surface area contributed by atoms with Gasteiger partial charge in [0.05, 0.1) is 12.2 Å². The Labute approximate surface area is 174 Å². The van der Waals surface area contributed by atoms with Gasteiger partial charge in [-0.3, -0.25) is 14.9 Å². The fourth-order valence-corrected chi connectivity index (χ4v) is 4.58. The number of aryl methyl sites for hydroxylation is 1. The average Bonchev–Trinajstić information content (AvgIpc) is 3.06. The van der Waals surface area contributed by atoms with Gasteiger partial charge in [0.2, 0.25) is 0 Å². The molecule has 2 aromatic rings. The van der Waals surface area contributed by atoms with E-state index >= 15 is 0 Å². The normalized spacial score (nSPS) is 12.7. The van der Waals surface area contributed by atoms with E-state index in [-0.39, 0.29) is 12.5 Å². The molecule has 1 heterocycles. The molecule has 8 heteroatoms. The van der Waals surface area contributed by atoms with Gasteiger partial charge in [-0.05, 0) is 62.4 Å². The van der Waals surface area contributed by atoms with Crippen molar-refractivity contribution in [2.24, 2.45) is 0 Å². The molecule has 1 aliphatic rings. The Morgan fingerprint density at radius 2 is 1.76 bits per heavy atom. The number of alkyl carbamates (subject to hydrolysis) is 1. The highest BCUT2D eigenvalue weighted by atomic mass is 32.1. The second-order valence-electron chi connectivity index (χ2n) is 6.99. The third-order valence-electron chi connectivity index (χ3n) is 4.76. The highest BCUT2D eigenvalue weighted by Crippen LogP contribution is 2.38. The van der Waals surface area contributed by atoms with Crippen LogP contribution in [0.3, 0.4) is 0 Å². The molecular weight excluding hydrogens is 390 g/mol. The summed E-state index contributed by atoms with van der Waals surface area (Å²) in [7, 11) is 3.86. The van der Waals surface area contributed by atoms with E-state index in [1.54, 1.807) is 19.1 Å². The summed E-state index contributed by atoms with van der Waals surface area (Å²) in [5, 5.41) is 5.60. The Balaban J connectivity index is 1.86. The zero-order valence-corrected chi connectivity index (χ0v) is 17.6. The number of thiophene rings is 1. The number of nitrogens with zero attached hydrogens (tertiary/aromatic N) is 1. The molecule has 3 amide bonds. The summed E-state index contributed by atoms with van der Waals surface area (Å²) >= 11 is 1.41. The molecule has 0 fully saturated rings. The molecule has 1 aliphatic carbocycles. The maximum atomic E-state index is 12.8. The van der Waals surface area contributed by atoms with Crippen LogP contribution in [0.2, 0.25) is 0 Å². The lowest BCUT2D eigenvalue weighted by molar-refractivity contribution is 0.0925. The first kappa shape index (κ1) is 20.9. The van der Waals surface area contributed by atoms with Gasteiger partial charge in [-0.2, -0.15) is 0 Å². The Bertz CT molecular complexity index is 919. The second kappa shape index (κ2) is 9.09. The summed E-state index contributed by atoms with van der Waals surface area (Å²) in [6.45, 7) is 1.84. The number of rotatable bonds is 5. The number of anilines is 2. The van der Waals surface area contributed by atoms with Crippen molar-refractivity contribution in [2.75, 3.05) is 30.9 Å². The topological polar surface area (TPSA) is 87.7 Å². The number of imide groups is 1. The highest BCUT2D eigenvalue weighted by Gasteiger charge is 2.27. The van der Waals surface area contributed by atoms with E-state index < -0.39 is 12.0 Å². The van der Waals surface area contributed by atoms with Crippen LogP contribution in [-0.2, 0) is 17.6 Å². The molecule has 1 aromatic heterocycles. The Hall–Kier alpha value is -2.87. The predicted molar refractivity (Wildman–Crippen MR) is 114 cm³/mol. The largest absolute Gasteiger partial charge is 0.450 e. The van der Waals surface area contributed by atoms with Gasteiger partial charge in [-0.15, -0.1) is 11.3 Å². The van der Waals surface area contributed by atoms with Crippen LogP contribution in [0.1, 0.15) is 50.9 Å². The molecular formula is C21H25N3O4S. The molecule has 154 valence electrons. The van der Waals surface area contributed by atoms with Crippen LogP contribution in [0.4, 0.5) is 15.5 Å². The lowest BCUT2D eigenvalue weighted by atomic mass is 9.95. The smallest absolute Gasteiger partial charge is 0.414 e. The van der Waals surface area contributed by atoms with Crippen LogP contribution in [0.5, 0.6) is 0 Å². The molecule has 3 rings (SSSR count). The molecule has 2 N–H and O–H groups in total. The quantitative estimate of drug-likeness (QED) is 0.775. The first-order valence-corrected chi connectivity index (χ1v) is 10.4. The van der Waals surface area contributed by atoms with Gasteiger partial charge >= 0.3 is 6.09 Å². The van der Waals surface area contributed by atoms with Crippen molar-refractivity contribution < 1.29 is 19.1 Å². The van der Waals surface area contributed by atoms with E-state index in [0.717, 1.165) is 41.8 Å². The Kier molecular flexibility index (Phi) is 6.53. The SMILES string of the molecule is CCOC(=O)NC(=O)c1c(NC(=O)c2ccc(N(C)C)cc2)sc2c1CCCC2. The fraction of sp³-hybridized carbons (Fsp3) is 0.381. The van der Waals surface area contributed by atoms with Crippen LogP contribution in [0, 0.1) is 0 Å². The molecule has 0 spiro atoms. The van der Waals surface area contributed by atoms with E-state index in [0.29, 0.717) is 16.1 Å². The number of carbonyl (C=O) groups is 3. The van der Waals surface area contributed by atoms with Crippen molar-refractivity contribution in [3.05, 3.63) is 45.8 Å². The molecule has 0 aliphatic heterocycles. The van der Waals surface area contributed by atoms with E-state index in [9.17, 15) is 14.4 Å². The first-order valence-electron chi connectivity index (χ1n) is 9.62. The molecule has 0 saturated heterocycles. The minimum absolute atomic E-state index is 0.174. The number of fused-ring (bicyclic) bond motifs is 1. The Morgan fingerprint density at radius 3 is 2.41 bits per heavy atom. The number of ether oxygens (including phenoxy) is 1. The summed E-state index contributed by atoms with van der Waals surface area (Å²) in [6.07, 6.45) is 2.86. The van der Waals surface area contributed by atoms with Crippen molar-refractivity contribution in [2.45, 2.75) is 32.6 Å². The van der Waals surface area contributed by atoms with Crippen molar-refractivity contribution in [1.82, 2.24) is 5.32 Å². The van der Waals surface area contributed by atoms with Gasteiger partial charge in [-0.1, -0.05) is 0 Å². The number of benzene rings is 1. The zero-order valence-electron chi connectivity index (χ0n) is 16.8. The van der Waals surface area contributed by atoms with Gasteiger partial charge in [-0.25, -0.2) is 4.79 Å². The number of carbonyl (C=O) groups excluding carboxylic acids is 3. The number of nitrogens with one attached hydrogen (secondary N) is 2. The monoisotopic (exact) mass is 415 g/mol. The van der Waals surface area contributed by atoms with Gasteiger partial charge in [0, 0.05) is 30.2 Å². The molecule has 0 bridgehead atoms. The van der Waals surface area contributed by atoms with Crippen LogP contribution in [0.25, 0.3) is 0 Å². The lowest BCUT2D eigenvalue weighted by Crippen LogP contribution is -2.32. The maximum Gasteiger partial charge on any atom is 0.414 e. The predicted octanol–water partition coefficient (Wildman–Crippen LogP) is 3.83. The minimum atomic E-state index is -0.787. The van der Waals surface area contributed by atoms with Crippen molar-refractivity contribution in [3.63, 3.8) is 0 Å². The van der Waals surface area contributed by atoms with Gasteiger partial charge in [0.15, 0.2) is 0 Å². The van der Waals surface area contributed by atoms with E-state index in [1.165, 1.54) is 11.3 Å². The molecule has 0 unspecified atom stereocenters. The van der Waals surface area contributed by atoms with E-state index in [2.05, 4.69) is 10.6 Å². The van der Waals surface area contributed by atoms with Crippen LogP contribution < -0.4 is 15.5 Å². The minimum Gasteiger partial charge on any atom is -0.450 e. The molecule has 0 radical (unpaired) electrons. The van der Waals surface area contributed by atoms with Crippen LogP contribution >= 0.6 is 11.3 Å². The summed E-state index contributed by atoms with van der Waals surface area (Å²) < 4.78 is 4.82. The van der Waals surface area contributed by atoms with Gasteiger partial charge < -0.3 is 15.0 Å². The first-order chi connectivity index (χ1) is 13.9. The van der Waals surface area contributed by atoms with Crippen LogP contribution in [-0.4, -0.2) is 38.6 Å². The number of hydrogen-bond acceptors (Lipinski definition) is 6. The maximum absolute atomic E-state index is 12.8. The van der Waals surface area contributed by atoms with E-state index in [4.69, 9.17) is 4.74 Å². The van der Waals surface area contributed by atoms with Crippen molar-refractivity contribution in [3.8, 4) is 0 Å².